The van der Waals surface area contributed by atoms with Crippen LogP contribution in [0.4, 0.5) is 5.69 Å². The van der Waals surface area contributed by atoms with Crippen LogP contribution in [0.5, 0.6) is 0 Å². The van der Waals surface area contributed by atoms with Crippen molar-refractivity contribution in [3.8, 4) is 0 Å². The molecule has 9 heteroatoms. The maximum Gasteiger partial charge on any atom is 0.310 e. The molecule has 1 unspecified atom stereocenters. The minimum Gasteiger partial charge on any atom is -0.481 e. The Balaban J connectivity index is 1.82. The van der Waals surface area contributed by atoms with Crippen molar-refractivity contribution in [1.29, 1.82) is 0 Å². The molecule has 2 bridgehead atoms. The fourth-order valence-electron chi connectivity index (χ4n) is 5.77. The number of fused-ring (bicyclic) bond motifs is 1. The molecular weight excluding hydrogens is 492 g/mol. The van der Waals surface area contributed by atoms with E-state index in [1.165, 1.54) is 4.90 Å². The quantitative estimate of drug-likeness (QED) is 0.401. The number of aryl methyl sites for hydroxylation is 2. The Labute approximate surface area is 201 Å². The van der Waals surface area contributed by atoms with Crippen molar-refractivity contribution in [2.45, 2.75) is 49.3 Å². The SMILES string of the molecule is C=CCN(C(=O)[C@@H]1N(CCCO)C(=O)[C@H]2[C@H](C(=O)O)[C@H]3O[C@@]12CC3Br)c1cc(C)ccc1C. The van der Waals surface area contributed by atoms with Crippen LogP contribution >= 0.6 is 15.9 Å². The summed E-state index contributed by atoms with van der Waals surface area (Å²) in [5, 5.41) is 19.3. The summed E-state index contributed by atoms with van der Waals surface area (Å²) in [6.45, 7) is 7.88. The lowest BCUT2D eigenvalue weighted by atomic mass is 9.70. The van der Waals surface area contributed by atoms with Crippen LogP contribution in [0.25, 0.3) is 0 Å². The number of carboxylic acid groups (broad SMARTS) is 1. The van der Waals surface area contributed by atoms with E-state index in [1.54, 1.807) is 11.0 Å². The van der Waals surface area contributed by atoms with Crippen LogP contribution in [0.15, 0.2) is 30.9 Å². The number of hydrogen-bond donors (Lipinski definition) is 2. The fourth-order valence-corrected chi connectivity index (χ4v) is 6.71. The molecule has 1 spiro atoms. The Bertz CT molecular complexity index is 999. The number of carbonyl (C=O) groups is 3. The van der Waals surface area contributed by atoms with Gasteiger partial charge in [-0.3, -0.25) is 14.4 Å². The summed E-state index contributed by atoms with van der Waals surface area (Å²) in [5.74, 6) is -3.79. The highest BCUT2D eigenvalue weighted by atomic mass is 79.9. The van der Waals surface area contributed by atoms with Gasteiger partial charge in [-0.05, 0) is 43.9 Å². The molecule has 3 heterocycles. The van der Waals surface area contributed by atoms with Crippen molar-refractivity contribution < 1.29 is 29.3 Å². The van der Waals surface area contributed by atoms with Gasteiger partial charge in [-0.1, -0.05) is 34.1 Å². The van der Waals surface area contributed by atoms with Gasteiger partial charge in [0.05, 0.1) is 17.9 Å². The molecule has 0 aromatic heterocycles. The predicted octanol–water partition coefficient (Wildman–Crippen LogP) is 2.04. The van der Waals surface area contributed by atoms with Crippen molar-refractivity contribution >= 4 is 39.4 Å². The fraction of sp³-hybridized carbons (Fsp3) is 0.542. The van der Waals surface area contributed by atoms with Crippen LogP contribution < -0.4 is 4.90 Å². The molecule has 2 amide bonds. The number of aliphatic hydroxyl groups is 1. The van der Waals surface area contributed by atoms with Crippen molar-refractivity contribution in [3.63, 3.8) is 0 Å². The van der Waals surface area contributed by atoms with Crippen molar-refractivity contribution in [3.05, 3.63) is 42.0 Å². The average molecular weight is 521 g/mol. The van der Waals surface area contributed by atoms with Gasteiger partial charge in [0.2, 0.25) is 5.91 Å². The van der Waals surface area contributed by atoms with Crippen LogP contribution in [0.1, 0.15) is 24.0 Å². The molecule has 3 aliphatic rings. The van der Waals surface area contributed by atoms with E-state index in [4.69, 9.17) is 4.74 Å². The molecule has 3 saturated heterocycles. The lowest BCUT2D eigenvalue weighted by molar-refractivity contribution is -0.149. The second kappa shape index (κ2) is 8.85. The number of rotatable bonds is 8. The van der Waals surface area contributed by atoms with Gasteiger partial charge >= 0.3 is 5.97 Å². The molecule has 6 atom stereocenters. The summed E-state index contributed by atoms with van der Waals surface area (Å²) in [7, 11) is 0. The highest BCUT2D eigenvalue weighted by molar-refractivity contribution is 9.09. The Morgan fingerprint density at radius 2 is 2.12 bits per heavy atom. The average Bonchev–Trinajstić information content (AvgIpc) is 3.35. The summed E-state index contributed by atoms with van der Waals surface area (Å²) in [5.41, 5.74) is 1.36. The molecule has 0 radical (unpaired) electrons. The molecule has 178 valence electrons. The van der Waals surface area contributed by atoms with E-state index in [2.05, 4.69) is 22.5 Å². The first-order chi connectivity index (χ1) is 15.7. The van der Waals surface area contributed by atoms with Gasteiger partial charge in [0.15, 0.2) is 0 Å². The zero-order valence-corrected chi connectivity index (χ0v) is 20.3. The maximum absolute atomic E-state index is 14.2. The highest BCUT2D eigenvalue weighted by Gasteiger charge is 2.76. The van der Waals surface area contributed by atoms with Crippen molar-refractivity contribution in [2.75, 3.05) is 24.6 Å². The van der Waals surface area contributed by atoms with Gasteiger partial charge in [-0.2, -0.15) is 0 Å². The Morgan fingerprint density at radius 3 is 2.76 bits per heavy atom. The third-order valence-corrected chi connectivity index (χ3v) is 7.94. The van der Waals surface area contributed by atoms with Crippen molar-refractivity contribution in [2.24, 2.45) is 11.8 Å². The Morgan fingerprint density at radius 1 is 1.39 bits per heavy atom. The molecule has 3 aliphatic heterocycles. The second-order valence-corrected chi connectivity index (χ2v) is 10.3. The van der Waals surface area contributed by atoms with Crippen LogP contribution in [-0.4, -0.2) is 75.2 Å². The van der Waals surface area contributed by atoms with Gasteiger partial charge in [0.25, 0.3) is 5.91 Å². The largest absolute Gasteiger partial charge is 0.481 e. The van der Waals surface area contributed by atoms with Crippen LogP contribution in [0.2, 0.25) is 0 Å². The van der Waals surface area contributed by atoms with E-state index in [1.807, 2.05) is 32.0 Å². The van der Waals surface area contributed by atoms with Gasteiger partial charge in [0, 0.05) is 30.2 Å². The number of carbonyl (C=O) groups excluding carboxylic acids is 2. The second-order valence-electron chi connectivity index (χ2n) is 9.14. The van der Waals surface area contributed by atoms with E-state index in [9.17, 15) is 24.6 Å². The number of halogens is 1. The van der Waals surface area contributed by atoms with E-state index in [0.29, 0.717) is 12.1 Å². The van der Waals surface area contributed by atoms with E-state index < -0.39 is 41.5 Å². The predicted molar refractivity (Wildman–Crippen MR) is 125 cm³/mol. The minimum atomic E-state index is -1.23. The monoisotopic (exact) mass is 520 g/mol. The number of benzene rings is 1. The molecular formula is C24H29BrN2O6. The number of aliphatic carboxylic acids is 1. The third kappa shape index (κ3) is 3.61. The van der Waals surface area contributed by atoms with Crippen molar-refractivity contribution in [1.82, 2.24) is 4.90 Å². The number of nitrogens with zero attached hydrogens (tertiary/aromatic N) is 2. The molecule has 2 N–H and O–H groups in total. The summed E-state index contributed by atoms with van der Waals surface area (Å²) in [6, 6.07) is 4.83. The van der Waals surface area contributed by atoms with Crippen LogP contribution in [0.3, 0.4) is 0 Å². The molecule has 1 aromatic carbocycles. The van der Waals surface area contributed by atoms with E-state index in [-0.39, 0.29) is 36.9 Å². The van der Waals surface area contributed by atoms with E-state index >= 15 is 0 Å². The zero-order chi connectivity index (χ0) is 24.1. The number of aliphatic hydroxyl groups excluding tert-OH is 1. The Hall–Kier alpha value is -2.23. The summed E-state index contributed by atoms with van der Waals surface area (Å²) < 4.78 is 6.28. The first-order valence-corrected chi connectivity index (χ1v) is 12.0. The third-order valence-electron chi connectivity index (χ3n) is 7.10. The number of carboxylic acids is 1. The molecule has 4 rings (SSSR count). The van der Waals surface area contributed by atoms with Gasteiger partial charge in [0.1, 0.15) is 11.6 Å². The van der Waals surface area contributed by atoms with Gasteiger partial charge in [-0.15, -0.1) is 6.58 Å². The lowest BCUT2D eigenvalue weighted by Crippen LogP contribution is -2.57. The number of likely N-dealkylation sites (tertiary alicyclic amines) is 1. The molecule has 8 nitrogen and oxygen atoms in total. The zero-order valence-electron chi connectivity index (χ0n) is 18.7. The highest BCUT2D eigenvalue weighted by Crippen LogP contribution is 2.60. The number of amides is 2. The first-order valence-electron chi connectivity index (χ1n) is 11.1. The summed E-state index contributed by atoms with van der Waals surface area (Å²) in [6.07, 6.45) is 1.59. The Kier molecular flexibility index (Phi) is 6.41. The summed E-state index contributed by atoms with van der Waals surface area (Å²) >= 11 is 3.54. The van der Waals surface area contributed by atoms with Gasteiger partial charge in [-0.25, -0.2) is 0 Å². The number of ether oxygens (including phenoxy) is 1. The van der Waals surface area contributed by atoms with Gasteiger partial charge < -0.3 is 24.7 Å². The van der Waals surface area contributed by atoms with Crippen LogP contribution in [0, 0.1) is 25.7 Å². The number of alkyl halides is 1. The number of anilines is 1. The normalized spacial score (nSPS) is 32.2. The molecule has 0 aliphatic carbocycles. The molecule has 1 aromatic rings. The van der Waals surface area contributed by atoms with Crippen LogP contribution in [-0.2, 0) is 19.1 Å². The lowest BCUT2D eigenvalue weighted by Gasteiger charge is -2.37. The minimum absolute atomic E-state index is 0.145. The topological polar surface area (TPSA) is 107 Å². The maximum atomic E-state index is 14.2. The smallest absolute Gasteiger partial charge is 0.310 e. The molecule has 33 heavy (non-hydrogen) atoms. The molecule has 3 fully saturated rings. The first kappa shape index (κ1) is 23.9. The standard InChI is InChI=1S/C24H29BrN2O6/c1-4-8-26(16-11-13(2)6-7-14(16)3)22(30)20-24-12-15(25)19(33-24)17(23(31)32)18(24)21(29)27(20)9-5-10-28/h4,6-7,11,15,17-20,28H,1,5,8-10,12H2,2-3H3,(H,31,32)/t15?,17-,18+,19-,20-,24+/m0/s1. The van der Waals surface area contributed by atoms with E-state index in [0.717, 1.165) is 11.1 Å². The number of hydrogen-bond acceptors (Lipinski definition) is 5. The molecule has 0 saturated carbocycles. The summed E-state index contributed by atoms with van der Waals surface area (Å²) in [4.78, 5) is 42.7.